The van der Waals surface area contributed by atoms with Crippen molar-refractivity contribution in [3.8, 4) is 6.07 Å². The van der Waals surface area contributed by atoms with Gasteiger partial charge in [0.2, 0.25) is 0 Å². The van der Waals surface area contributed by atoms with E-state index in [0.29, 0.717) is 16.8 Å². The molecule has 0 radical (unpaired) electrons. The van der Waals surface area contributed by atoms with Gasteiger partial charge < -0.3 is 10.2 Å². The van der Waals surface area contributed by atoms with Gasteiger partial charge in [-0.1, -0.05) is 6.07 Å². The smallest absolute Gasteiger partial charge is 0.255 e. The fourth-order valence-electron chi connectivity index (χ4n) is 1.93. The third-order valence-corrected chi connectivity index (χ3v) is 3.26. The summed E-state index contributed by atoms with van der Waals surface area (Å²) in [7, 11) is 3.90. The molecule has 0 aliphatic rings. The number of nitrogens with one attached hydrogen (secondary N) is 1. The Balaban J connectivity index is 2.20. The monoisotopic (exact) mass is 279 g/mol. The van der Waals surface area contributed by atoms with E-state index in [1.54, 1.807) is 24.3 Å². The van der Waals surface area contributed by atoms with E-state index in [-0.39, 0.29) is 5.91 Å². The summed E-state index contributed by atoms with van der Waals surface area (Å²) < 4.78 is 0. The molecule has 0 atom stereocenters. The third kappa shape index (κ3) is 3.40. The number of rotatable bonds is 3. The molecule has 0 aliphatic carbocycles. The molecule has 2 rings (SSSR count). The van der Waals surface area contributed by atoms with Gasteiger partial charge in [-0.25, -0.2) is 0 Å². The van der Waals surface area contributed by atoms with E-state index >= 15 is 0 Å². The van der Waals surface area contributed by atoms with Gasteiger partial charge in [-0.15, -0.1) is 0 Å². The van der Waals surface area contributed by atoms with Crippen LogP contribution < -0.4 is 10.2 Å². The minimum Gasteiger partial charge on any atom is -0.378 e. The first-order valence-electron chi connectivity index (χ1n) is 6.61. The second-order valence-corrected chi connectivity index (χ2v) is 5.04. The average molecular weight is 279 g/mol. The number of nitrogens with zero attached hydrogens (tertiary/aromatic N) is 2. The first-order chi connectivity index (χ1) is 10.0. The van der Waals surface area contributed by atoms with Crippen molar-refractivity contribution in [3.05, 3.63) is 59.2 Å². The Bertz CT molecular complexity index is 697. The molecule has 0 unspecified atom stereocenters. The standard InChI is InChI=1S/C17H17N3O/c1-12-4-5-13(11-18)10-16(12)19-17(21)14-6-8-15(9-7-14)20(2)3/h4-10H,1-3H3,(H,19,21). The van der Waals surface area contributed by atoms with Gasteiger partial charge >= 0.3 is 0 Å². The van der Waals surface area contributed by atoms with Crippen molar-refractivity contribution in [3.63, 3.8) is 0 Å². The lowest BCUT2D eigenvalue weighted by molar-refractivity contribution is 0.102. The number of benzene rings is 2. The fraction of sp³-hybridized carbons (Fsp3) is 0.176. The summed E-state index contributed by atoms with van der Waals surface area (Å²) in [5.41, 5.74) is 3.73. The third-order valence-electron chi connectivity index (χ3n) is 3.26. The molecule has 4 heteroatoms. The van der Waals surface area contributed by atoms with Crippen LogP contribution in [0.5, 0.6) is 0 Å². The van der Waals surface area contributed by atoms with Crippen molar-refractivity contribution in [1.29, 1.82) is 5.26 Å². The number of aryl methyl sites for hydroxylation is 1. The van der Waals surface area contributed by atoms with E-state index in [0.717, 1.165) is 11.3 Å². The molecule has 0 saturated heterocycles. The quantitative estimate of drug-likeness (QED) is 0.938. The Morgan fingerprint density at radius 3 is 2.38 bits per heavy atom. The highest BCUT2D eigenvalue weighted by Crippen LogP contribution is 2.18. The summed E-state index contributed by atoms with van der Waals surface area (Å²) in [6.45, 7) is 1.89. The minimum atomic E-state index is -0.182. The highest BCUT2D eigenvalue weighted by Gasteiger charge is 2.08. The van der Waals surface area contributed by atoms with Gasteiger partial charge in [-0.2, -0.15) is 5.26 Å². The molecule has 2 aromatic carbocycles. The van der Waals surface area contributed by atoms with Crippen LogP contribution in [0.3, 0.4) is 0 Å². The Labute approximate surface area is 124 Å². The number of hydrogen-bond donors (Lipinski definition) is 1. The Kier molecular flexibility index (Phi) is 4.24. The van der Waals surface area contributed by atoms with E-state index in [4.69, 9.17) is 5.26 Å². The lowest BCUT2D eigenvalue weighted by atomic mass is 10.1. The zero-order chi connectivity index (χ0) is 15.4. The molecule has 4 nitrogen and oxygen atoms in total. The van der Waals surface area contributed by atoms with Gasteiger partial charge in [-0.05, 0) is 48.9 Å². The molecule has 0 fully saturated rings. The summed E-state index contributed by atoms with van der Waals surface area (Å²) in [6.07, 6.45) is 0. The van der Waals surface area contributed by atoms with Crippen LogP contribution in [0, 0.1) is 18.3 Å². The van der Waals surface area contributed by atoms with Crippen LogP contribution in [0.2, 0.25) is 0 Å². The van der Waals surface area contributed by atoms with Crippen molar-refractivity contribution < 1.29 is 4.79 Å². The van der Waals surface area contributed by atoms with Crippen molar-refractivity contribution in [2.45, 2.75) is 6.92 Å². The van der Waals surface area contributed by atoms with Crippen LogP contribution >= 0.6 is 0 Å². The van der Waals surface area contributed by atoms with Gasteiger partial charge in [0.1, 0.15) is 0 Å². The van der Waals surface area contributed by atoms with Gasteiger partial charge in [0.15, 0.2) is 0 Å². The molecule has 21 heavy (non-hydrogen) atoms. The van der Waals surface area contributed by atoms with Crippen molar-refractivity contribution >= 4 is 17.3 Å². The van der Waals surface area contributed by atoms with Gasteiger partial charge in [0, 0.05) is 31.0 Å². The predicted molar refractivity (Wildman–Crippen MR) is 84.6 cm³/mol. The summed E-state index contributed by atoms with van der Waals surface area (Å²) in [6, 6.07) is 14.7. The zero-order valence-corrected chi connectivity index (χ0v) is 12.3. The molecule has 0 bridgehead atoms. The van der Waals surface area contributed by atoms with E-state index in [1.807, 2.05) is 44.1 Å². The van der Waals surface area contributed by atoms with Gasteiger partial charge in [0.25, 0.3) is 5.91 Å². The molecule has 1 amide bonds. The van der Waals surface area contributed by atoms with Crippen molar-refractivity contribution in [2.24, 2.45) is 0 Å². The maximum Gasteiger partial charge on any atom is 0.255 e. The second kappa shape index (κ2) is 6.10. The molecule has 2 aromatic rings. The second-order valence-electron chi connectivity index (χ2n) is 5.04. The SMILES string of the molecule is Cc1ccc(C#N)cc1NC(=O)c1ccc(N(C)C)cc1. The molecule has 0 aromatic heterocycles. The predicted octanol–water partition coefficient (Wildman–Crippen LogP) is 3.19. The lowest BCUT2D eigenvalue weighted by Gasteiger charge is -2.13. The molecular weight excluding hydrogens is 262 g/mol. The molecule has 0 aliphatic heterocycles. The summed E-state index contributed by atoms with van der Waals surface area (Å²) >= 11 is 0. The summed E-state index contributed by atoms with van der Waals surface area (Å²) in [4.78, 5) is 14.2. The fourth-order valence-corrected chi connectivity index (χ4v) is 1.93. The Hall–Kier alpha value is -2.80. The maximum atomic E-state index is 12.2. The average Bonchev–Trinajstić information content (AvgIpc) is 2.49. The van der Waals surface area contributed by atoms with Crippen LogP contribution in [-0.2, 0) is 0 Å². The van der Waals surface area contributed by atoms with E-state index in [9.17, 15) is 4.79 Å². The van der Waals surface area contributed by atoms with Crippen molar-refractivity contribution in [2.75, 3.05) is 24.3 Å². The number of hydrogen-bond acceptors (Lipinski definition) is 3. The highest BCUT2D eigenvalue weighted by molar-refractivity contribution is 6.04. The van der Waals surface area contributed by atoms with Crippen LogP contribution in [0.15, 0.2) is 42.5 Å². The lowest BCUT2D eigenvalue weighted by Crippen LogP contribution is -2.14. The molecule has 0 heterocycles. The van der Waals surface area contributed by atoms with Crippen LogP contribution in [-0.4, -0.2) is 20.0 Å². The topological polar surface area (TPSA) is 56.1 Å². The van der Waals surface area contributed by atoms with Gasteiger partial charge in [0.05, 0.1) is 11.6 Å². The number of anilines is 2. The molecule has 0 saturated carbocycles. The van der Waals surface area contributed by atoms with E-state index < -0.39 is 0 Å². The van der Waals surface area contributed by atoms with Crippen LogP contribution in [0.4, 0.5) is 11.4 Å². The number of amides is 1. The molecule has 1 N–H and O–H groups in total. The molecule has 0 spiro atoms. The summed E-state index contributed by atoms with van der Waals surface area (Å²) in [5, 5.41) is 11.8. The Morgan fingerprint density at radius 1 is 1.14 bits per heavy atom. The summed E-state index contributed by atoms with van der Waals surface area (Å²) in [5.74, 6) is -0.182. The van der Waals surface area contributed by atoms with E-state index in [2.05, 4.69) is 11.4 Å². The van der Waals surface area contributed by atoms with Crippen LogP contribution in [0.25, 0.3) is 0 Å². The number of carbonyl (C=O) groups excluding carboxylic acids is 1. The van der Waals surface area contributed by atoms with Crippen LogP contribution in [0.1, 0.15) is 21.5 Å². The van der Waals surface area contributed by atoms with Gasteiger partial charge in [-0.3, -0.25) is 4.79 Å². The Morgan fingerprint density at radius 2 is 1.81 bits per heavy atom. The number of nitriles is 1. The number of carbonyl (C=O) groups is 1. The maximum absolute atomic E-state index is 12.2. The normalized spacial score (nSPS) is 9.81. The first-order valence-corrected chi connectivity index (χ1v) is 6.61. The highest BCUT2D eigenvalue weighted by atomic mass is 16.1. The first kappa shape index (κ1) is 14.6. The molecule has 106 valence electrons. The molecular formula is C17H17N3O. The van der Waals surface area contributed by atoms with E-state index in [1.165, 1.54) is 0 Å². The zero-order valence-electron chi connectivity index (χ0n) is 12.3. The largest absolute Gasteiger partial charge is 0.378 e. The minimum absolute atomic E-state index is 0.182. The van der Waals surface area contributed by atoms with Crippen molar-refractivity contribution in [1.82, 2.24) is 0 Å².